The fourth-order valence-corrected chi connectivity index (χ4v) is 1.80. The number of carbonyl (C=O) groups is 1. The summed E-state index contributed by atoms with van der Waals surface area (Å²) in [4.78, 5) is 11.4. The Hall–Kier alpha value is -0.570. The Balaban J connectivity index is 2.06. The van der Waals surface area contributed by atoms with Crippen LogP contribution in [0.15, 0.2) is 0 Å². The minimum Gasteiger partial charge on any atom is -0.356 e. The maximum Gasteiger partial charge on any atom is 0.221 e. The number of piperidine rings is 1. The molecule has 1 aliphatic rings. The molecule has 1 atom stereocenters. The molecule has 1 heterocycles. The van der Waals surface area contributed by atoms with Crippen LogP contribution in [0.2, 0.25) is 0 Å². The van der Waals surface area contributed by atoms with Gasteiger partial charge in [0.25, 0.3) is 0 Å². The van der Waals surface area contributed by atoms with Crippen LogP contribution in [0, 0.1) is 0 Å². The third-order valence-electron chi connectivity index (χ3n) is 2.70. The summed E-state index contributed by atoms with van der Waals surface area (Å²) in [5.74, 6) is 0.206. The van der Waals surface area contributed by atoms with Gasteiger partial charge in [-0.25, -0.2) is 0 Å². The van der Waals surface area contributed by atoms with E-state index in [4.69, 9.17) is 0 Å². The van der Waals surface area contributed by atoms with E-state index in [0.717, 1.165) is 32.4 Å². The molecule has 0 aromatic heterocycles. The monoisotopic (exact) mass is 198 g/mol. The molecule has 3 nitrogen and oxygen atoms in total. The molecule has 1 aliphatic heterocycles. The highest BCUT2D eigenvalue weighted by Crippen LogP contribution is 2.09. The summed E-state index contributed by atoms with van der Waals surface area (Å²) in [5, 5.41) is 6.33. The van der Waals surface area contributed by atoms with Crippen LogP contribution >= 0.6 is 0 Å². The average Bonchev–Trinajstić information content (AvgIpc) is 2.20. The van der Waals surface area contributed by atoms with Gasteiger partial charge >= 0.3 is 0 Å². The molecular formula is C11H22N2O. The predicted octanol–water partition coefficient (Wildman–Crippen LogP) is 1.43. The Labute approximate surface area is 86.6 Å². The van der Waals surface area contributed by atoms with Gasteiger partial charge in [-0.1, -0.05) is 19.8 Å². The lowest BCUT2D eigenvalue weighted by atomic mass is 10.0. The Kier molecular flexibility index (Phi) is 5.60. The highest BCUT2D eigenvalue weighted by molar-refractivity contribution is 5.76. The van der Waals surface area contributed by atoms with Crippen molar-refractivity contribution in [1.29, 1.82) is 0 Å². The molecule has 82 valence electrons. The van der Waals surface area contributed by atoms with Crippen molar-refractivity contribution >= 4 is 5.91 Å². The van der Waals surface area contributed by atoms with Gasteiger partial charge in [0, 0.05) is 19.0 Å². The zero-order valence-electron chi connectivity index (χ0n) is 9.14. The second kappa shape index (κ2) is 6.82. The van der Waals surface area contributed by atoms with Crippen LogP contribution in [0.5, 0.6) is 0 Å². The third-order valence-corrected chi connectivity index (χ3v) is 2.70. The van der Waals surface area contributed by atoms with Crippen LogP contribution < -0.4 is 10.6 Å². The lowest BCUT2D eigenvalue weighted by Crippen LogP contribution is -2.38. The molecule has 1 unspecified atom stereocenters. The van der Waals surface area contributed by atoms with Crippen molar-refractivity contribution in [2.75, 3.05) is 13.1 Å². The molecule has 1 amide bonds. The topological polar surface area (TPSA) is 41.1 Å². The van der Waals surface area contributed by atoms with Gasteiger partial charge in [0.15, 0.2) is 0 Å². The molecule has 0 saturated carbocycles. The largest absolute Gasteiger partial charge is 0.356 e. The molecule has 0 radical (unpaired) electrons. The molecule has 1 saturated heterocycles. The van der Waals surface area contributed by atoms with Gasteiger partial charge in [-0.05, 0) is 25.8 Å². The SMILES string of the molecule is CCCCNC(=O)CC1CCCCN1. The molecule has 1 fully saturated rings. The Morgan fingerprint density at radius 1 is 1.50 bits per heavy atom. The molecule has 2 N–H and O–H groups in total. The molecule has 0 aliphatic carbocycles. The van der Waals surface area contributed by atoms with Gasteiger partial charge in [-0.15, -0.1) is 0 Å². The number of amides is 1. The normalized spacial score (nSPS) is 21.9. The number of rotatable bonds is 5. The lowest BCUT2D eigenvalue weighted by Gasteiger charge is -2.22. The quantitative estimate of drug-likeness (QED) is 0.656. The molecule has 0 aromatic rings. The third kappa shape index (κ3) is 4.61. The number of hydrogen-bond acceptors (Lipinski definition) is 2. The molecular weight excluding hydrogens is 176 g/mol. The van der Waals surface area contributed by atoms with Crippen LogP contribution in [0.4, 0.5) is 0 Å². The van der Waals surface area contributed by atoms with Crippen molar-refractivity contribution in [3.8, 4) is 0 Å². The summed E-state index contributed by atoms with van der Waals surface area (Å²) in [5.41, 5.74) is 0. The van der Waals surface area contributed by atoms with E-state index in [-0.39, 0.29) is 5.91 Å². The van der Waals surface area contributed by atoms with Crippen LogP contribution in [0.1, 0.15) is 45.4 Å². The Morgan fingerprint density at radius 3 is 3.00 bits per heavy atom. The number of carbonyl (C=O) groups excluding carboxylic acids is 1. The maximum atomic E-state index is 11.4. The van der Waals surface area contributed by atoms with E-state index in [1.807, 2.05) is 0 Å². The summed E-state index contributed by atoms with van der Waals surface area (Å²) in [6, 6.07) is 0.422. The lowest BCUT2D eigenvalue weighted by molar-refractivity contribution is -0.121. The predicted molar refractivity (Wildman–Crippen MR) is 58.2 cm³/mol. The summed E-state index contributed by atoms with van der Waals surface area (Å²) in [6.07, 6.45) is 6.56. The van der Waals surface area contributed by atoms with Crippen LogP contribution in [-0.2, 0) is 4.79 Å². The summed E-state index contributed by atoms with van der Waals surface area (Å²) in [6.45, 7) is 4.05. The van der Waals surface area contributed by atoms with E-state index >= 15 is 0 Å². The highest BCUT2D eigenvalue weighted by atomic mass is 16.1. The van der Waals surface area contributed by atoms with Gasteiger partial charge in [0.05, 0.1) is 0 Å². The van der Waals surface area contributed by atoms with E-state index in [9.17, 15) is 4.79 Å². The van der Waals surface area contributed by atoms with Gasteiger partial charge in [0.1, 0.15) is 0 Å². The molecule has 3 heteroatoms. The first-order chi connectivity index (χ1) is 6.83. The van der Waals surface area contributed by atoms with E-state index in [1.165, 1.54) is 12.8 Å². The first kappa shape index (κ1) is 11.5. The van der Waals surface area contributed by atoms with E-state index in [0.29, 0.717) is 12.5 Å². The molecule has 14 heavy (non-hydrogen) atoms. The number of unbranched alkanes of at least 4 members (excludes halogenated alkanes) is 1. The van der Waals surface area contributed by atoms with Gasteiger partial charge in [-0.2, -0.15) is 0 Å². The second-order valence-electron chi connectivity index (χ2n) is 4.05. The first-order valence-corrected chi connectivity index (χ1v) is 5.83. The average molecular weight is 198 g/mol. The minimum absolute atomic E-state index is 0.206. The zero-order valence-corrected chi connectivity index (χ0v) is 9.14. The fraction of sp³-hybridized carbons (Fsp3) is 0.909. The highest BCUT2D eigenvalue weighted by Gasteiger charge is 2.15. The second-order valence-corrected chi connectivity index (χ2v) is 4.05. The summed E-state index contributed by atoms with van der Waals surface area (Å²) >= 11 is 0. The Bertz CT molecular complexity index is 165. The first-order valence-electron chi connectivity index (χ1n) is 5.83. The number of hydrogen-bond donors (Lipinski definition) is 2. The smallest absolute Gasteiger partial charge is 0.221 e. The van der Waals surface area contributed by atoms with Crippen LogP contribution in [0.25, 0.3) is 0 Å². The number of nitrogens with one attached hydrogen (secondary N) is 2. The van der Waals surface area contributed by atoms with Crippen molar-refractivity contribution in [3.63, 3.8) is 0 Å². The standard InChI is InChI=1S/C11H22N2O/c1-2-3-7-13-11(14)9-10-6-4-5-8-12-10/h10,12H,2-9H2,1H3,(H,13,14). The van der Waals surface area contributed by atoms with Crippen LogP contribution in [-0.4, -0.2) is 25.0 Å². The molecule has 0 aromatic carbocycles. The minimum atomic E-state index is 0.206. The molecule has 0 bridgehead atoms. The van der Waals surface area contributed by atoms with Gasteiger partial charge < -0.3 is 10.6 Å². The van der Waals surface area contributed by atoms with E-state index in [1.54, 1.807) is 0 Å². The van der Waals surface area contributed by atoms with E-state index in [2.05, 4.69) is 17.6 Å². The van der Waals surface area contributed by atoms with Crippen molar-refractivity contribution in [1.82, 2.24) is 10.6 Å². The van der Waals surface area contributed by atoms with Crippen molar-refractivity contribution in [2.24, 2.45) is 0 Å². The van der Waals surface area contributed by atoms with E-state index < -0.39 is 0 Å². The van der Waals surface area contributed by atoms with Crippen LogP contribution in [0.3, 0.4) is 0 Å². The molecule has 1 rings (SSSR count). The van der Waals surface area contributed by atoms with Gasteiger partial charge in [0.2, 0.25) is 5.91 Å². The van der Waals surface area contributed by atoms with Crippen molar-refractivity contribution in [3.05, 3.63) is 0 Å². The maximum absolute atomic E-state index is 11.4. The summed E-state index contributed by atoms with van der Waals surface area (Å²) in [7, 11) is 0. The van der Waals surface area contributed by atoms with Crippen molar-refractivity contribution < 1.29 is 4.79 Å². The fourth-order valence-electron chi connectivity index (χ4n) is 1.80. The summed E-state index contributed by atoms with van der Waals surface area (Å²) < 4.78 is 0. The molecule has 0 spiro atoms. The van der Waals surface area contributed by atoms with Crippen molar-refractivity contribution in [2.45, 2.75) is 51.5 Å². The Morgan fingerprint density at radius 2 is 2.36 bits per heavy atom. The zero-order chi connectivity index (χ0) is 10.2. The van der Waals surface area contributed by atoms with Gasteiger partial charge in [-0.3, -0.25) is 4.79 Å².